The first kappa shape index (κ1) is 18.3. The first-order chi connectivity index (χ1) is 11.8. The molecule has 1 aromatic carbocycles. The Morgan fingerprint density at radius 1 is 1.36 bits per heavy atom. The van der Waals surface area contributed by atoms with E-state index in [4.69, 9.17) is 0 Å². The number of hydrogen-bond acceptors (Lipinski definition) is 5. The van der Waals surface area contributed by atoms with Gasteiger partial charge in [-0.15, -0.1) is 0 Å². The average Bonchev–Trinajstić information content (AvgIpc) is 2.55. The van der Waals surface area contributed by atoms with Gasteiger partial charge >= 0.3 is 0 Å². The summed E-state index contributed by atoms with van der Waals surface area (Å²) < 4.78 is 1.26. The SMILES string of the molecule is CCN(C(=O)c1nn(-c2ccccc2[N+](=O)[O-])c(C)cc1=O)C(C)C. The molecule has 0 atom stereocenters. The molecule has 0 bridgehead atoms. The second-order valence-corrected chi connectivity index (χ2v) is 5.84. The molecule has 8 heteroatoms. The number of hydrogen-bond donors (Lipinski definition) is 0. The summed E-state index contributed by atoms with van der Waals surface area (Å²) in [6, 6.07) is 7.22. The molecule has 0 aliphatic rings. The average molecular weight is 344 g/mol. The predicted molar refractivity (Wildman–Crippen MR) is 93.1 cm³/mol. The Labute approximate surface area is 144 Å². The van der Waals surface area contributed by atoms with Crippen LogP contribution in [0.4, 0.5) is 5.69 Å². The summed E-state index contributed by atoms with van der Waals surface area (Å²) in [7, 11) is 0. The van der Waals surface area contributed by atoms with Gasteiger partial charge in [0.2, 0.25) is 5.43 Å². The molecule has 1 aromatic heterocycles. The number of benzene rings is 1. The van der Waals surface area contributed by atoms with Crippen LogP contribution in [0.2, 0.25) is 0 Å². The van der Waals surface area contributed by atoms with Crippen LogP contribution < -0.4 is 5.43 Å². The molecular weight excluding hydrogens is 324 g/mol. The third-order valence-corrected chi connectivity index (χ3v) is 3.84. The lowest BCUT2D eigenvalue weighted by atomic mass is 10.2. The van der Waals surface area contributed by atoms with Crippen molar-refractivity contribution in [1.82, 2.24) is 14.7 Å². The van der Waals surface area contributed by atoms with E-state index in [0.717, 1.165) is 0 Å². The minimum atomic E-state index is -0.525. The van der Waals surface area contributed by atoms with Gasteiger partial charge in [0.15, 0.2) is 5.69 Å². The number of aromatic nitrogens is 2. The van der Waals surface area contributed by atoms with Gasteiger partial charge in [-0.25, -0.2) is 4.68 Å². The van der Waals surface area contributed by atoms with E-state index in [-0.39, 0.29) is 23.1 Å². The first-order valence-corrected chi connectivity index (χ1v) is 7.93. The van der Waals surface area contributed by atoms with Crippen molar-refractivity contribution in [1.29, 1.82) is 0 Å². The van der Waals surface area contributed by atoms with E-state index in [1.807, 2.05) is 20.8 Å². The molecule has 0 radical (unpaired) electrons. The van der Waals surface area contributed by atoms with Crippen molar-refractivity contribution in [3.63, 3.8) is 0 Å². The lowest BCUT2D eigenvalue weighted by Crippen LogP contribution is -2.40. The van der Waals surface area contributed by atoms with E-state index in [1.54, 1.807) is 19.1 Å². The Morgan fingerprint density at radius 3 is 2.56 bits per heavy atom. The minimum Gasteiger partial charge on any atom is -0.335 e. The predicted octanol–water partition coefficient (Wildman–Crippen LogP) is 2.32. The topological polar surface area (TPSA) is 98.3 Å². The van der Waals surface area contributed by atoms with E-state index >= 15 is 0 Å². The van der Waals surface area contributed by atoms with Crippen LogP contribution in [0.3, 0.4) is 0 Å². The van der Waals surface area contributed by atoms with Crippen LogP contribution in [0.5, 0.6) is 0 Å². The van der Waals surface area contributed by atoms with Gasteiger partial charge in [-0.1, -0.05) is 12.1 Å². The van der Waals surface area contributed by atoms with Gasteiger partial charge in [0, 0.05) is 30.4 Å². The van der Waals surface area contributed by atoms with Crippen molar-refractivity contribution in [2.75, 3.05) is 6.54 Å². The fourth-order valence-electron chi connectivity index (χ4n) is 2.62. The molecule has 0 spiro atoms. The second-order valence-electron chi connectivity index (χ2n) is 5.84. The molecule has 132 valence electrons. The summed E-state index contributed by atoms with van der Waals surface area (Å²) in [5, 5.41) is 15.4. The highest BCUT2D eigenvalue weighted by atomic mass is 16.6. The standard InChI is InChI=1S/C17H20N4O4/c1-5-19(11(2)3)17(23)16-15(22)10-12(4)20(18-16)13-8-6-7-9-14(13)21(24)25/h6-11H,5H2,1-4H3. The third kappa shape index (κ3) is 3.57. The number of rotatable bonds is 5. The number of nitrogens with zero attached hydrogens (tertiary/aromatic N) is 4. The summed E-state index contributed by atoms with van der Waals surface area (Å²) >= 11 is 0. The maximum atomic E-state index is 12.7. The van der Waals surface area contributed by atoms with E-state index in [1.165, 1.54) is 27.8 Å². The summed E-state index contributed by atoms with van der Waals surface area (Å²) in [5.74, 6) is -0.491. The van der Waals surface area contributed by atoms with Crippen LogP contribution in [0, 0.1) is 17.0 Å². The number of amides is 1. The van der Waals surface area contributed by atoms with Gasteiger partial charge in [0.05, 0.1) is 4.92 Å². The highest BCUT2D eigenvalue weighted by Crippen LogP contribution is 2.22. The second kappa shape index (κ2) is 7.25. The highest BCUT2D eigenvalue weighted by Gasteiger charge is 2.24. The van der Waals surface area contributed by atoms with Crippen LogP contribution >= 0.6 is 0 Å². The molecule has 0 unspecified atom stereocenters. The Morgan fingerprint density at radius 2 is 2.00 bits per heavy atom. The van der Waals surface area contributed by atoms with Crippen molar-refractivity contribution >= 4 is 11.6 Å². The molecule has 0 saturated carbocycles. The summed E-state index contributed by atoms with van der Waals surface area (Å²) in [5.41, 5.74) is -0.304. The van der Waals surface area contributed by atoms with Gasteiger partial charge in [0.1, 0.15) is 5.69 Å². The van der Waals surface area contributed by atoms with Crippen molar-refractivity contribution in [2.45, 2.75) is 33.7 Å². The van der Waals surface area contributed by atoms with Crippen LogP contribution in [0.25, 0.3) is 5.69 Å². The number of nitro benzene ring substituents is 1. The monoisotopic (exact) mass is 344 g/mol. The van der Waals surface area contributed by atoms with Gasteiger partial charge in [-0.05, 0) is 33.8 Å². The largest absolute Gasteiger partial charge is 0.335 e. The zero-order valence-electron chi connectivity index (χ0n) is 14.6. The molecule has 0 saturated heterocycles. The van der Waals surface area contributed by atoms with Crippen molar-refractivity contribution < 1.29 is 9.72 Å². The van der Waals surface area contributed by atoms with Gasteiger partial charge in [-0.2, -0.15) is 5.10 Å². The Bertz CT molecular complexity index is 873. The third-order valence-electron chi connectivity index (χ3n) is 3.84. The summed E-state index contributed by atoms with van der Waals surface area (Å²) in [6.45, 7) is 7.54. The highest BCUT2D eigenvalue weighted by molar-refractivity contribution is 5.92. The molecular formula is C17H20N4O4. The lowest BCUT2D eigenvalue weighted by molar-refractivity contribution is -0.384. The Hall–Kier alpha value is -3.03. The van der Waals surface area contributed by atoms with Crippen LogP contribution in [-0.4, -0.2) is 38.1 Å². The Balaban J connectivity index is 2.66. The lowest BCUT2D eigenvalue weighted by Gasteiger charge is -2.24. The molecule has 1 amide bonds. The van der Waals surface area contributed by atoms with Gasteiger partial charge in [-0.3, -0.25) is 19.7 Å². The van der Waals surface area contributed by atoms with Crippen molar-refractivity contribution in [3.8, 4) is 5.69 Å². The van der Waals surface area contributed by atoms with Crippen LogP contribution in [0.15, 0.2) is 35.1 Å². The van der Waals surface area contributed by atoms with Crippen molar-refractivity contribution in [3.05, 3.63) is 62.1 Å². The number of aryl methyl sites for hydroxylation is 1. The zero-order valence-corrected chi connectivity index (χ0v) is 14.6. The fraction of sp³-hybridized carbons (Fsp3) is 0.353. The van der Waals surface area contributed by atoms with Gasteiger partial charge in [0.25, 0.3) is 11.6 Å². The fourth-order valence-corrected chi connectivity index (χ4v) is 2.62. The maximum absolute atomic E-state index is 12.7. The maximum Gasteiger partial charge on any atom is 0.294 e. The molecule has 25 heavy (non-hydrogen) atoms. The first-order valence-electron chi connectivity index (χ1n) is 7.93. The normalized spacial score (nSPS) is 10.8. The molecule has 1 heterocycles. The Kier molecular flexibility index (Phi) is 5.31. The van der Waals surface area contributed by atoms with E-state index in [0.29, 0.717) is 12.2 Å². The number of para-hydroxylation sites is 2. The molecule has 0 fully saturated rings. The van der Waals surface area contributed by atoms with Crippen LogP contribution in [0.1, 0.15) is 37.0 Å². The number of carbonyl (C=O) groups is 1. The van der Waals surface area contributed by atoms with Crippen molar-refractivity contribution in [2.24, 2.45) is 0 Å². The van der Waals surface area contributed by atoms with E-state index in [2.05, 4.69) is 5.10 Å². The summed E-state index contributed by atoms with van der Waals surface area (Å²) in [4.78, 5) is 37.2. The molecule has 0 N–H and O–H groups in total. The zero-order chi connectivity index (χ0) is 18.7. The molecule has 0 aliphatic heterocycles. The smallest absolute Gasteiger partial charge is 0.294 e. The minimum absolute atomic E-state index is 0.0977. The quantitative estimate of drug-likeness (QED) is 0.612. The number of carbonyl (C=O) groups excluding carboxylic acids is 1. The van der Waals surface area contributed by atoms with E-state index in [9.17, 15) is 19.7 Å². The molecule has 0 aliphatic carbocycles. The van der Waals surface area contributed by atoms with Gasteiger partial charge < -0.3 is 4.90 Å². The number of nitro groups is 1. The molecule has 2 rings (SSSR count). The van der Waals surface area contributed by atoms with E-state index < -0.39 is 16.3 Å². The van der Waals surface area contributed by atoms with Crippen LogP contribution in [-0.2, 0) is 0 Å². The molecule has 8 nitrogen and oxygen atoms in total. The summed E-state index contributed by atoms with van der Waals surface area (Å²) in [6.07, 6.45) is 0. The molecule has 2 aromatic rings.